The van der Waals surface area contributed by atoms with Gasteiger partial charge in [-0.15, -0.1) is 0 Å². The fourth-order valence-electron chi connectivity index (χ4n) is 2.86. The van der Waals surface area contributed by atoms with Crippen molar-refractivity contribution < 1.29 is 23.5 Å². The number of imide groups is 1. The number of rotatable bonds is 4. The summed E-state index contributed by atoms with van der Waals surface area (Å²) in [4.78, 5) is 37.8. The smallest absolute Gasteiger partial charge is 0.323 e. The molecule has 0 saturated carbocycles. The van der Waals surface area contributed by atoms with Gasteiger partial charge in [-0.1, -0.05) is 0 Å². The van der Waals surface area contributed by atoms with E-state index in [0.717, 1.165) is 6.07 Å². The molecule has 2 heterocycles. The van der Waals surface area contributed by atoms with E-state index in [2.05, 4.69) is 5.32 Å². The van der Waals surface area contributed by atoms with E-state index in [9.17, 15) is 18.8 Å². The number of fused-ring (bicyclic) bond motifs is 2. The molecule has 1 unspecified atom stereocenters. The first-order chi connectivity index (χ1) is 10.5. The lowest BCUT2D eigenvalue weighted by molar-refractivity contribution is -0.133. The molecule has 1 spiro atoms. The first-order valence-corrected chi connectivity index (χ1v) is 6.75. The molecule has 3 rings (SSSR count). The Morgan fingerprint density at radius 2 is 2.09 bits per heavy atom. The van der Waals surface area contributed by atoms with Crippen LogP contribution in [0.4, 0.5) is 14.9 Å². The Balaban J connectivity index is 2.07. The lowest BCUT2D eigenvalue weighted by Gasteiger charge is -2.21. The van der Waals surface area contributed by atoms with Crippen LogP contribution >= 0.6 is 0 Å². The van der Waals surface area contributed by atoms with Crippen LogP contribution in [0.5, 0.6) is 0 Å². The number of amides is 4. The fourth-order valence-corrected chi connectivity index (χ4v) is 2.86. The number of hydrogen-bond acceptors (Lipinski definition) is 4. The quantitative estimate of drug-likeness (QED) is 0.474. The monoisotopic (exact) mass is 307 g/mol. The van der Waals surface area contributed by atoms with Crippen molar-refractivity contribution in [3.05, 3.63) is 29.6 Å². The number of hydrogen-bond donors (Lipinski definition) is 2. The van der Waals surface area contributed by atoms with Crippen molar-refractivity contribution in [3.63, 3.8) is 0 Å². The number of anilines is 1. The van der Waals surface area contributed by atoms with Crippen molar-refractivity contribution in [3.8, 4) is 0 Å². The first-order valence-electron chi connectivity index (χ1n) is 6.75. The van der Waals surface area contributed by atoms with Crippen molar-refractivity contribution in [2.75, 3.05) is 25.2 Å². The minimum Gasteiger partial charge on any atom is -0.385 e. The van der Waals surface area contributed by atoms with Gasteiger partial charge in [0.2, 0.25) is 5.54 Å². The Labute approximate surface area is 125 Å². The van der Waals surface area contributed by atoms with Crippen molar-refractivity contribution in [2.45, 2.75) is 12.0 Å². The molecular formula is C14H14FN3O4. The summed E-state index contributed by atoms with van der Waals surface area (Å²) in [6.07, 6.45) is 0.546. The molecule has 2 aliphatic heterocycles. The standard InChI is InChI=1S/C14H14FN3O4/c1-22-6-2-5-18-10-4-3-8(15)7-9(10)14(12(18)20)11(19)16-13(21)17-14/h3-4,7H,2,5-6H2,1H3,(H2,16,17,19,21). The third-order valence-electron chi connectivity index (χ3n) is 3.82. The third kappa shape index (κ3) is 1.87. The Bertz CT molecular complexity index is 678. The Morgan fingerprint density at radius 3 is 2.73 bits per heavy atom. The highest BCUT2D eigenvalue weighted by molar-refractivity contribution is 6.27. The van der Waals surface area contributed by atoms with Gasteiger partial charge < -0.3 is 15.0 Å². The highest BCUT2D eigenvalue weighted by Gasteiger charge is 2.61. The molecule has 116 valence electrons. The molecule has 1 fully saturated rings. The fraction of sp³-hybridized carbons (Fsp3) is 0.357. The Morgan fingerprint density at radius 1 is 1.32 bits per heavy atom. The summed E-state index contributed by atoms with van der Waals surface area (Å²) in [6, 6.07) is 2.98. The van der Waals surface area contributed by atoms with E-state index in [1.807, 2.05) is 5.32 Å². The maximum absolute atomic E-state index is 13.6. The van der Waals surface area contributed by atoms with Crippen LogP contribution in [0.15, 0.2) is 18.2 Å². The van der Waals surface area contributed by atoms with Gasteiger partial charge in [-0.3, -0.25) is 14.9 Å². The van der Waals surface area contributed by atoms with Crippen LogP contribution in [0.2, 0.25) is 0 Å². The molecule has 1 atom stereocenters. The molecule has 0 aliphatic carbocycles. The zero-order chi connectivity index (χ0) is 15.9. The summed E-state index contributed by atoms with van der Waals surface area (Å²) in [5, 5.41) is 4.39. The average molecular weight is 307 g/mol. The number of urea groups is 1. The minimum atomic E-state index is -1.87. The van der Waals surface area contributed by atoms with Crippen LogP contribution in [0, 0.1) is 5.82 Å². The van der Waals surface area contributed by atoms with Crippen LogP contribution < -0.4 is 15.5 Å². The number of carbonyl (C=O) groups excluding carboxylic acids is 3. The maximum atomic E-state index is 13.6. The van der Waals surface area contributed by atoms with E-state index in [-0.39, 0.29) is 5.56 Å². The van der Waals surface area contributed by atoms with E-state index in [1.165, 1.54) is 17.0 Å². The number of carbonyl (C=O) groups is 3. The van der Waals surface area contributed by atoms with Crippen molar-refractivity contribution in [1.29, 1.82) is 0 Å². The third-order valence-corrected chi connectivity index (χ3v) is 3.82. The summed E-state index contributed by atoms with van der Waals surface area (Å²) in [5.41, 5.74) is -1.31. The molecule has 2 N–H and O–H groups in total. The van der Waals surface area contributed by atoms with Gasteiger partial charge in [0, 0.05) is 25.8 Å². The van der Waals surface area contributed by atoms with E-state index >= 15 is 0 Å². The van der Waals surface area contributed by atoms with Crippen molar-refractivity contribution >= 4 is 23.5 Å². The Kier molecular flexibility index (Phi) is 3.32. The zero-order valence-corrected chi connectivity index (χ0v) is 11.8. The van der Waals surface area contributed by atoms with Crippen molar-refractivity contribution in [1.82, 2.24) is 10.6 Å². The molecule has 2 aliphatic rings. The molecule has 0 radical (unpaired) electrons. The average Bonchev–Trinajstić information content (AvgIpc) is 2.89. The van der Waals surface area contributed by atoms with Gasteiger partial charge in [0.15, 0.2) is 0 Å². The summed E-state index contributed by atoms with van der Waals surface area (Å²) in [6.45, 7) is 0.738. The maximum Gasteiger partial charge on any atom is 0.323 e. The van der Waals surface area contributed by atoms with Crippen molar-refractivity contribution in [2.24, 2.45) is 0 Å². The van der Waals surface area contributed by atoms with Gasteiger partial charge >= 0.3 is 6.03 Å². The second-order valence-electron chi connectivity index (χ2n) is 5.12. The van der Waals surface area contributed by atoms with Crippen LogP contribution in [-0.2, 0) is 19.9 Å². The SMILES string of the molecule is COCCCN1C(=O)C2(NC(=O)NC2=O)c2cc(F)ccc21. The molecule has 0 bridgehead atoms. The molecule has 22 heavy (non-hydrogen) atoms. The van der Waals surface area contributed by atoms with Gasteiger partial charge in [0.25, 0.3) is 11.8 Å². The zero-order valence-electron chi connectivity index (χ0n) is 11.8. The van der Waals surface area contributed by atoms with Crippen LogP contribution in [0.3, 0.4) is 0 Å². The second kappa shape index (κ2) is 5.06. The van der Waals surface area contributed by atoms with Gasteiger partial charge in [0.1, 0.15) is 5.82 Å². The number of nitrogens with zero attached hydrogens (tertiary/aromatic N) is 1. The first kappa shape index (κ1) is 14.5. The largest absolute Gasteiger partial charge is 0.385 e. The van der Waals surface area contributed by atoms with Crippen LogP contribution in [-0.4, -0.2) is 38.1 Å². The summed E-state index contributed by atoms with van der Waals surface area (Å²) in [7, 11) is 1.54. The number of benzene rings is 1. The number of ether oxygens (including phenoxy) is 1. The van der Waals surface area contributed by atoms with E-state index < -0.39 is 29.2 Å². The van der Waals surface area contributed by atoms with Crippen LogP contribution in [0.25, 0.3) is 0 Å². The van der Waals surface area contributed by atoms with Gasteiger partial charge in [0.05, 0.1) is 5.69 Å². The molecule has 4 amide bonds. The summed E-state index contributed by atoms with van der Waals surface area (Å²) in [5.74, 6) is -1.96. The molecular weight excluding hydrogens is 293 g/mol. The van der Waals surface area contributed by atoms with E-state index in [4.69, 9.17) is 4.74 Å². The predicted octanol–water partition coefficient (Wildman–Crippen LogP) is 0.244. The topological polar surface area (TPSA) is 87.7 Å². The van der Waals surface area contributed by atoms with Gasteiger partial charge in [-0.2, -0.15) is 0 Å². The molecule has 8 heteroatoms. The lowest BCUT2D eigenvalue weighted by atomic mass is 9.91. The van der Waals surface area contributed by atoms with E-state index in [1.54, 1.807) is 7.11 Å². The van der Waals surface area contributed by atoms with Gasteiger partial charge in [-0.25, -0.2) is 9.18 Å². The lowest BCUT2D eigenvalue weighted by Crippen LogP contribution is -2.52. The number of halogens is 1. The van der Waals surface area contributed by atoms with Crippen LogP contribution in [0.1, 0.15) is 12.0 Å². The normalized spacial score (nSPS) is 23.0. The number of nitrogens with one attached hydrogen (secondary N) is 2. The Hall–Kier alpha value is -2.48. The predicted molar refractivity (Wildman–Crippen MR) is 73.6 cm³/mol. The van der Waals surface area contributed by atoms with Gasteiger partial charge in [-0.05, 0) is 24.6 Å². The highest BCUT2D eigenvalue weighted by Crippen LogP contribution is 2.42. The molecule has 0 aromatic heterocycles. The minimum absolute atomic E-state index is 0.151. The highest BCUT2D eigenvalue weighted by atomic mass is 19.1. The molecule has 1 aromatic rings. The molecule has 7 nitrogen and oxygen atoms in total. The summed E-state index contributed by atoms with van der Waals surface area (Å²) < 4.78 is 18.5. The number of methoxy groups -OCH3 is 1. The molecule has 1 aromatic carbocycles. The second-order valence-corrected chi connectivity index (χ2v) is 5.12. The summed E-state index contributed by atoms with van der Waals surface area (Å²) >= 11 is 0. The molecule has 1 saturated heterocycles. The van der Waals surface area contributed by atoms with E-state index in [0.29, 0.717) is 25.3 Å².